The molecule has 1 amide bonds. The molecule has 156 valence electrons. The van der Waals surface area contributed by atoms with E-state index in [0.29, 0.717) is 0 Å². The maximum Gasteiger partial charge on any atom is 0.230 e. The molecule has 1 fully saturated rings. The third kappa shape index (κ3) is 5.53. The number of carbonyl (C=O) groups excluding carboxylic acids is 1. The number of anilines is 1. The Morgan fingerprint density at radius 3 is 2.43 bits per heavy atom. The SMILES string of the molecule is Cc1ccc(NC(=O)Cc2csc(-c3ccc(CN4CCN(C)CC4)cc3)n2)cc1. The topological polar surface area (TPSA) is 48.5 Å². The minimum atomic E-state index is -0.0433. The molecule has 0 atom stereocenters. The number of thiazole rings is 1. The summed E-state index contributed by atoms with van der Waals surface area (Å²) in [7, 11) is 2.18. The summed E-state index contributed by atoms with van der Waals surface area (Å²) in [6, 6.07) is 16.5. The molecule has 4 rings (SSSR count). The van der Waals surface area contributed by atoms with Gasteiger partial charge in [-0.2, -0.15) is 0 Å². The van der Waals surface area contributed by atoms with Crippen LogP contribution in [0.25, 0.3) is 10.6 Å². The van der Waals surface area contributed by atoms with Gasteiger partial charge in [0.25, 0.3) is 0 Å². The monoisotopic (exact) mass is 420 g/mol. The van der Waals surface area contributed by atoms with E-state index in [2.05, 4.69) is 51.4 Å². The highest BCUT2D eigenvalue weighted by Crippen LogP contribution is 2.25. The minimum absolute atomic E-state index is 0.0433. The summed E-state index contributed by atoms with van der Waals surface area (Å²) >= 11 is 1.59. The van der Waals surface area contributed by atoms with Crippen LogP contribution in [-0.2, 0) is 17.8 Å². The van der Waals surface area contributed by atoms with Crippen LogP contribution in [0.2, 0.25) is 0 Å². The number of aryl methyl sites for hydroxylation is 1. The molecule has 0 spiro atoms. The molecule has 30 heavy (non-hydrogen) atoms. The summed E-state index contributed by atoms with van der Waals surface area (Å²) in [5.74, 6) is -0.0433. The second-order valence-electron chi connectivity index (χ2n) is 8.01. The van der Waals surface area contributed by atoms with Crippen LogP contribution in [0.5, 0.6) is 0 Å². The lowest BCUT2D eigenvalue weighted by atomic mass is 10.1. The molecule has 5 nitrogen and oxygen atoms in total. The summed E-state index contributed by atoms with van der Waals surface area (Å²) in [5.41, 5.74) is 5.23. The van der Waals surface area contributed by atoms with Crippen molar-refractivity contribution in [3.05, 3.63) is 70.7 Å². The predicted octanol–water partition coefficient (Wildman–Crippen LogP) is 4.05. The van der Waals surface area contributed by atoms with E-state index in [1.807, 2.05) is 36.6 Å². The van der Waals surface area contributed by atoms with Crippen molar-refractivity contribution in [2.45, 2.75) is 19.9 Å². The van der Waals surface area contributed by atoms with Gasteiger partial charge < -0.3 is 10.2 Å². The van der Waals surface area contributed by atoms with Crippen LogP contribution in [0.3, 0.4) is 0 Å². The molecule has 0 saturated carbocycles. The number of carbonyl (C=O) groups is 1. The van der Waals surface area contributed by atoms with E-state index < -0.39 is 0 Å². The van der Waals surface area contributed by atoms with Gasteiger partial charge in [-0.05, 0) is 31.7 Å². The zero-order valence-corrected chi connectivity index (χ0v) is 18.4. The zero-order valence-electron chi connectivity index (χ0n) is 17.6. The van der Waals surface area contributed by atoms with Crippen molar-refractivity contribution < 1.29 is 4.79 Å². The van der Waals surface area contributed by atoms with E-state index in [1.54, 1.807) is 11.3 Å². The molecule has 2 heterocycles. The van der Waals surface area contributed by atoms with Crippen LogP contribution in [0.4, 0.5) is 5.69 Å². The molecule has 0 bridgehead atoms. The van der Waals surface area contributed by atoms with E-state index in [9.17, 15) is 4.79 Å². The zero-order chi connectivity index (χ0) is 20.9. The second kappa shape index (κ2) is 9.51. The van der Waals surface area contributed by atoms with Gasteiger partial charge in [-0.25, -0.2) is 4.98 Å². The maximum atomic E-state index is 12.3. The van der Waals surface area contributed by atoms with Crippen LogP contribution in [-0.4, -0.2) is 53.9 Å². The van der Waals surface area contributed by atoms with Gasteiger partial charge in [0, 0.05) is 49.4 Å². The van der Waals surface area contributed by atoms with Crippen molar-refractivity contribution in [3.63, 3.8) is 0 Å². The van der Waals surface area contributed by atoms with E-state index in [4.69, 9.17) is 0 Å². The Kier molecular flexibility index (Phi) is 6.57. The van der Waals surface area contributed by atoms with Crippen molar-refractivity contribution in [3.8, 4) is 10.6 Å². The van der Waals surface area contributed by atoms with Crippen molar-refractivity contribution >= 4 is 22.9 Å². The highest BCUT2D eigenvalue weighted by atomic mass is 32.1. The fourth-order valence-electron chi connectivity index (χ4n) is 3.54. The average molecular weight is 421 g/mol. The van der Waals surface area contributed by atoms with E-state index in [-0.39, 0.29) is 12.3 Å². The Labute approximate surface area is 182 Å². The van der Waals surface area contributed by atoms with Crippen molar-refractivity contribution in [2.24, 2.45) is 0 Å². The maximum absolute atomic E-state index is 12.3. The standard InChI is InChI=1S/C24H28N4OS/c1-18-3-9-21(10-4-18)25-23(29)15-22-17-30-24(26-22)20-7-5-19(6-8-20)16-28-13-11-27(2)12-14-28/h3-10,17H,11-16H2,1-2H3,(H,25,29). The Bertz CT molecular complexity index is 973. The smallest absolute Gasteiger partial charge is 0.230 e. The summed E-state index contributed by atoms with van der Waals surface area (Å²) in [6.45, 7) is 7.55. The number of likely N-dealkylation sites (N-methyl/N-ethyl adjacent to an activating group) is 1. The van der Waals surface area contributed by atoms with Crippen LogP contribution in [0.1, 0.15) is 16.8 Å². The number of piperazine rings is 1. The van der Waals surface area contributed by atoms with Crippen molar-refractivity contribution in [1.82, 2.24) is 14.8 Å². The predicted molar refractivity (Wildman–Crippen MR) is 124 cm³/mol. The Balaban J connectivity index is 1.33. The van der Waals surface area contributed by atoms with E-state index in [0.717, 1.165) is 54.7 Å². The highest BCUT2D eigenvalue weighted by Gasteiger charge is 2.14. The molecule has 1 saturated heterocycles. The fourth-order valence-corrected chi connectivity index (χ4v) is 4.37. The van der Waals surface area contributed by atoms with E-state index in [1.165, 1.54) is 11.1 Å². The number of hydrogen-bond donors (Lipinski definition) is 1. The normalized spacial score (nSPS) is 15.3. The molecule has 0 radical (unpaired) electrons. The van der Waals surface area contributed by atoms with Crippen LogP contribution < -0.4 is 5.32 Å². The van der Waals surface area contributed by atoms with Gasteiger partial charge in [0.05, 0.1) is 12.1 Å². The first-order chi connectivity index (χ1) is 14.5. The molecular formula is C24H28N4OS. The average Bonchev–Trinajstić information content (AvgIpc) is 3.20. The van der Waals surface area contributed by atoms with E-state index >= 15 is 0 Å². The molecular weight excluding hydrogens is 392 g/mol. The van der Waals surface area contributed by atoms with Crippen molar-refractivity contribution in [1.29, 1.82) is 0 Å². The van der Waals surface area contributed by atoms with Crippen molar-refractivity contribution in [2.75, 3.05) is 38.5 Å². The van der Waals surface area contributed by atoms with Crippen LogP contribution in [0.15, 0.2) is 53.9 Å². The summed E-state index contributed by atoms with van der Waals surface area (Å²) in [4.78, 5) is 21.9. The summed E-state index contributed by atoms with van der Waals surface area (Å²) in [5, 5.41) is 5.87. The lowest BCUT2D eigenvalue weighted by Gasteiger charge is -2.32. The molecule has 1 aromatic heterocycles. The van der Waals surface area contributed by atoms with Gasteiger partial charge >= 0.3 is 0 Å². The second-order valence-corrected chi connectivity index (χ2v) is 8.87. The summed E-state index contributed by atoms with van der Waals surface area (Å²) in [6.07, 6.45) is 0.284. The Morgan fingerprint density at radius 2 is 1.73 bits per heavy atom. The summed E-state index contributed by atoms with van der Waals surface area (Å²) < 4.78 is 0. The largest absolute Gasteiger partial charge is 0.326 e. The molecule has 3 aromatic rings. The first kappa shape index (κ1) is 20.7. The van der Waals surface area contributed by atoms with Gasteiger partial charge in [-0.3, -0.25) is 9.69 Å². The number of aromatic nitrogens is 1. The number of nitrogens with one attached hydrogen (secondary N) is 1. The lowest BCUT2D eigenvalue weighted by molar-refractivity contribution is -0.115. The van der Waals surface area contributed by atoms with Crippen LogP contribution in [0, 0.1) is 6.92 Å². The number of hydrogen-bond acceptors (Lipinski definition) is 5. The minimum Gasteiger partial charge on any atom is -0.326 e. The highest BCUT2D eigenvalue weighted by molar-refractivity contribution is 7.13. The third-order valence-corrected chi connectivity index (χ3v) is 6.37. The molecule has 1 N–H and O–H groups in total. The molecule has 1 aliphatic heterocycles. The number of nitrogens with zero attached hydrogens (tertiary/aromatic N) is 3. The number of benzene rings is 2. The Morgan fingerprint density at radius 1 is 1.03 bits per heavy atom. The quantitative estimate of drug-likeness (QED) is 0.654. The van der Waals surface area contributed by atoms with Gasteiger partial charge in [0.1, 0.15) is 5.01 Å². The van der Waals surface area contributed by atoms with Gasteiger partial charge in [0.15, 0.2) is 0 Å². The van der Waals surface area contributed by atoms with Gasteiger partial charge in [-0.15, -0.1) is 11.3 Å². The fraction of sp³-hybridized carbons (Fsp3) is 0.333. The number of rotatable bonds is 6. The first-order valence-corrected chi connectivity index (χ1v) is 11.2. The van der Waals surface area contributed by atoms with Gasteiger partial charge in [0.2, 0.25) is 5.91 Å². The molecule has 2 aromatic carbocycles. The van der Waals surface area contributed by atoms with Crippen LogP contribution >= 0.6 is 11.3 Å². The molecule has 0 aliphatic carbocycles. The first-order valence-electron chi connectivity index (χ1n) is 10.4. The molecule has 1 aliphatic rings. The van der Waals surface area contributed by atoms with Gasteiger partial charge in [-0.1, -0.05) is 42.0 Å². The molecule has 6 heteroatoms. The number of amides is 1. The Hall–Kier alpha value is -2.54. The molecule has 0 unspecified atom stereocenters. The lowest BCUT2D eigenvalue weighted by Crippen LogP contribution is -2.43. The third-order valence-electron chi connectivity index (χ3n) is 5.43.